The number of fused-ring (bicyclic) bond motifs is 1. The Balaban J connectivity index is 1.51. The van der Waals surface area contributed by atoms with Gasteiger partial charge in [-0.05, 0) is 35.4 Å². The molecule has 8 heteroatoms. The summed E-state index contributed by atoms with van der Waals surface area (Å²) < 4.78 is 1.72. The number of aromatic nitrogens is 2. The fourth-order valence-electron chi connectivity index (χ4n) is 4.38. The smallest absolute Gasteiger partial charge is 0.267 e. The number of amides is 2. The van der Waals surface area contributed by atoms with Crippen molar-refractivity contribution in [1.29, 1.82) is 0 Å². The van der Waals surface area contributed by atoms with Gasteiger partial charge < -0.3 is 15.7 Å². The summed E-state index contributed by atoms with van der Waals surface area (Å²) in [6.07, 6.45) is 2.13. The van der Waals surface area contributed by atoms with Crippen LogP contribution in [0.15, 0.2) is 59.7 Å². The Morgan fingerprint density at radius 1 is 1.21 bits per heavy atom. The molecule has 0 saturated carbocycles. The molecule has 8 nitrogen and oxygen atoms in total. The molecule has 3 heterocycles. The van der Waals surface area contributed by atoms with Crippen LogP contribution in [0.5, 0.6) is 0 Å². The quantitative estimate of drug-likeness (QED) is 0.584. The molecule has 2 amide bonds. The summed E-state index contributed by atoms with van der Waals surface area (Å²) in [4.78, 5) is 30.5. The van der Waals surface area contributed by atoms with E-state index in [1.807, 2.05) is 61.8 Å². The largest absolute Gasteiger partial charge is 0.369 e. The third kappa shape index (κ3) is 3.66. The Labute approximate surface area is 196 Å². The maximum atomic E-state index is 12.2. The van der Waals surface area contributed by atoms with E-state index in [4.69, 9.17) is 5.73 Å². The van der Waals surface area contributed by atoms with Crippen LogP contribution < -0.4 is 5.73 Å². The van der Waals surface area contributed by atoms with Crippen LogP contribution in [0.1, 0.15) is 34.7 Å². The minimum atomic E-state index is -1.66. The molecule has 3 aromatic rings. The number of nitrogens with zero attached hydrogens (tertiary/aromatic N) is 4. The summed E-state index contributed by atoms with van der Waals surface area (Å²) in [5.74, 6) is 4.69. The van der Waals surface area contributed by atoms with Crippen molar-refractivity contribution in [2.75, 3.05) is 13.6 Å². The van der Waals surface area contributed by atoms with Gasteiger partial charge in [-0.15, -0.1) is 0 Å². The van der Waals surface area contributed by atoms with E-state index in [2.05, 4.69) is 21.9 Å². The van der Waals surface area contributed by atoms with Gasteiger partial charge in [0.05, 0.1) is 5.69 Å². The number of primary amides is 1. The minimum Gasteiger partial charge on any atom is -0.369 e. The van der Waals surface area contributed by atoms with E-state index in [9.17, 15) is 14.7 Å². The van der Waals surface area contributed by atoms with Crippen molar-refractivity contribution in [3.63, 3.8) is 0 Å². The highest BCUT2D eigenvalue weighted by atomic mass is 16.3. The zero-order valence-corrected chi connectivity index (χ0v) is 18.8. The number of likely N-dealkylation sites (tertiary alicyclic amines) is 1. The van der Waals surface area contributed by atoms with Gasteiger partial charge in [0.2, 0.25) is 5.60 Å². The second-order valence-corrected chi connectivity index (χ2v) is 8.63. The van der Waals surface area contributed by atoms with Crippen molar-refractivity contribution in [3.05, 3.63) is 77.0 Å². The lowest BCUT2D eigenvalue weighted by molar-refractivity contribution is -0.137. The number of nitrogens with two attached hydrogens (primary N) is 1. The van der Waals surface area contributed by atoms with E-state index < -0.39 is 17.6 Å². The zero-order chi connectivity index (χ0) is 24.0. The van der Waals surface area contributed by atoms with Crippen LogP contribution in [-0.4, -0.2) is 56.5 Å². The number of hydrogen-bond acceptors (Lipinski definition) is 5. The molecule has 0 radical (unpaired) electrons. The van der Waals surface area contributed by atoms with Crippen LogP contribution >= 0.6 is 0 Å². The third-order valence-electron chi connectivity index (χ3n) is 6.23. The fourth-order valence-corrected chi connectivity index (χ4v) is 4.38. The number of carbonyl (C=O) groups excluding carboxylic acids is 2. The zero-order valence-electron chi connectivity index (χ0n) is 18.8. The molecule has 3 N–H and O–H groups in total. The molecule has 1 saturated heterocycles. The summed E-state index contributed by atoms with van der Waals surface area (Å²) >= 11 is 0. The van der Waals surface area contributed by atoms with Crippen molar-refractivity contribution >= 4 is 17.5 Å². The minimum absolute atomic E-state index is 0.225. The predicted octanol–water partition coefficient (Wildman–Crippen LogP) is 1.41. The lowest BCUT2D eigenvalue weighted by Crippen LogP contribution is -2.37. The average molecular weight is 454 g/mol. The highest BCUT2D eigenvalue weighted by Gasteiger charge is 2.42. The molecule has 2 atom stereocenters. The molecule has 34 heavy (non-hydrogen) atoms. The van der Waals surface area contributed by atoms with Gasteiger partial charge in [0.25, 0.3) is 11.8 Å². The van der Waals surface area contributed by atoms with Gasteiger partial charge in [0, 0.05) is 49.9 Å². The van der Waals surface area contributed by atoms with Crippen LogP contribution in [0.4, 0.5) is 0 Å². The number of likely N-dealkylation sites (N-methyl/N-ethyl adjacent to an activating group) is 1. The molecule has 1 unspecified atom stereocenters. The van der Waals surface area contributed by atoms with E-state index in [0.29, 0.717) is 17.7 Å². The summed E-state index contributed by atoms with van der Waals surface area (Å²) in [6, 6.07) is 14.7. The maximum absolute atomic E-state index is 12.2. The Hall–Kier alpha value is -4.22. The van der Waals surface area contributed by atoms with Crippen LogP contribution in [0.25, 0.3) is 11.3 Å². The van der Waals surface area contributed by atoms with Crippen molar-refractivity contribution in [1.82, 2.24) is 14.7 Å². The van der Waals surface area contributed by atoms with Crippen LogP contribution in [-0.2, 0) is 16.6 Å². The number of aliphatic imine (C=N–C) groups is 1. The second kappa shape index (κ2) is 7.97. The van der Waals surface area contributed by atoms with Gasteiger partial charge in [-0.2, -0.15) is 5.10 Å². The van der Waals surface area contributed by atoms with E-state index >= 15 is 0 Å². The predicted molar refractivity (Wildman–Crippen MR) is 127 cm³/mol. The van der Waals surface area contributed by atoms with Crippen molar-refractivity contribution < 1.29 is 14.7 Å². The molecule has 5 rings (SSSR count). The standard InChI is InChI=1S/C26H23N5O3/c1-30-13-11-26(34,25(30)33)10-8-16-4-3-5-18(14-16)22-19-7-6-17(21-9-12-31(2)29-21)15-20(19)23(28-22)24(27)32/h3-7,9,12,14-15,22,34H,11,13H2,1-2H3,(H2,27,32)/t22?,26-/m0/s1. The molecule has 170 valence electrons. The Kier molecular flexibility index (Phi) is 5.07. The molecule has 0 spiro atoms. The normalized spacial score (nSPS) is 21.1. The fraction of sp³-hybridized carbons (Fsp3) is 0.231. The first kappa shape index (κ1) is 21.6. The summed E-state index contributed by atoms with van der Waals surface area (Å²) in [7, 11) is 3.49. The summed E-state index contributed by atoms with van der Waals surface area (Å²) in [5, 5.41) is 15.0. The first-order valence-electron chi connectivity index (χ1n) is 10.9. The van der Waals surface area contributed by atoms with Gasteiger partial charge in [-0.25, -0.2) is 0 Å². The third-order valence-corrected chi connectivity index (χ3v) is 6.23. The Morgan fingerprint density at radius 3 is 2.71 bits per heavy atom. The Morgan fingerprint density at radius 2 is 2.03 bits per heavy atom. The Bertz CT molecular complexity index is 1430. The van der Waals surface area contributed by atoms with E-state index in [-0.39, 0.29) is 18.0 Å². The van der Waals surface area contributed by atoms with Gasteiger partial charge in [0.1, 0.15) is 11.8 Å². The topological polar surface area (TPSA) is 114 Å². The number of carbonyl (C=O) groups is 2. The first-order chi connectivity index (χ1) is 16.2. The van der Waals surface area contributed by atoms with Gasteiger partial charge in [-0.3, -0.25) is 19.3 Å². The van der Waals surface area contributed by atoms with Crippen molar-refractivity contribution in [3.8, 4) is 23.1 Å². The molecule has 2 aliphatic rings. The lowest BCUT2D eigenvalue weighted by Gasteiger charge is -2.13. The van der Waals surface area contributed by atoms with E-state index in [0.717, 1.165) is 22.4 Å². The SMILES string of the molecule is CN1CC[C@@](O)(C#Cc2cccc(C3N=C(C(N)=O)c4cc(-c5ccn(C)n5)ccc43)c2)C1=O. The summed E-state index contributed by atoms with van der Waals surface area (Å²) in [5.41, 5.74) is 8.90. The second-order valence-electron chi connectivity index (χ2n) is 8.63. The van der Waals surface area contributed by atoms with E-state index in [1.165, 1.54) is 4.90 Å². The first-order valence-corrected chi connectivity index (χ1v) is 10.9. The number of benzene rings is 2. The van der Waals surface area contributed by atoms with Crippen molar-refractivity contribution in [2.45, 2.75) is 18.1 Å². The maximum Gasteiger partial charge on any atom is 0.267 e. The molecule has 2 aliphatic heterocycles. The number of aliphatic hydroxyl groups is 1. The van der Waals surface area contributed by atoms with Gasteiger partial charge >= 0.3 is 0 Å². The number of hydrogen-bond donors (Lipinski definition) is 2. The highest BCUT2D eigenvalue weighted by molar-refractivity contribution is 6.46. The number of rotatable bonds is 3. The molecule has 0 aliphatic carbocycles. The molecule has 2 aromatic carbocycles. The molecule has 0 bridgehead atoms. The van der Waals surface area contributed by atoms with Crippen LogP contribution in [0.3, 0.4) is 0 Å². The number of aryl methyl sites for hydroxylation is 1. The van der Waals surface area contributed by atoms with Crippen LogP contribution in [0, 0.1) is 11.8 Å². The van der Waals surface area contributed by atoms with Crippen molar-refractivity contribution in [2.24, 2.45) is 17.8 Å². The molecule has 1 fully saturated rings. The lowest BCUT2D eigenvalue weighted by atomic mass is 9.93. The van der Waals surface area contributed by atoms with Gasteiger partial charge in [0.15, 0.2) is 0 Å². The van der Waals surface area contributed by atoms with Gasteiger partial charge in [-0.1, -0.05) is 36.1 Å². The molecular weight excluding hydrogens is 430 g/mol. The monoisotopic (exact) mass is 453 g/mol. The highest BCUT2D eigenvalue weighted by Crippen LogP contribution is 2.37. The average Bonchev–Trinajstić information content (AvgIpc) is 3.50. The summed E-state index contributed by atoms with van der Waals surface area (Å²) in [6.45, 7) is 0.466. The van der Waals surface area contributed by atoms with E-state index in [1.54, 1.807) is 11.7 Å². The molecule has 1 aromatic heterocycles. The van der Waals surface area contributed by atoms with Crippen LogP contribution in [0.2, 0.25) is 0 Å². The molecular formula is C26H23N5O3.